The summed E-state index contributed by atoms with van der Waals surface area (Å²) in [7, 11) is 1.50. The van der Waals surface area contributed by atoms with Gasteiger partial charge in [0.2, 0.25) is 0 Å². The molecule has 1 rings (SSSR count). The van der Waals surface area contributed by atoms with E-state index in [4.69, 9.17) is 4.74 Å². The third-order valence-corrected chi connectivity index (χ3v) is 2.36. The molecule has 0 saturated carbocycles. The number of Topliss-reactive ketones (excluding diaryl/α,β-unsaturated/α-hetero) is 1. The van der Waals surface area contributed by atoms with Gasteiger partial charge in [-0.25, -0.2) is 0 Å². The van der Waals surface area contributed by atoms with Gasteiger partial charge in [0, 0.05) is 6.42 Å². The third kappa shape index (κ3) is 3.12. The van der Waals surface area contributed by atoms with Crippen LogP contribution >= 0.6 is 0 Å². The van der Waals surface area contributed by atoms with Crippen molar-refractivity contribution in [2.75, 3.05) is 7.11 Å². The van der Waals surface area contributed by atoms with E-state index in [0.29, 0.717) is 24.2 Å². The average molecular weight is 220 g/mol. The number of aromatic hydroxyl groups is 1. The van der Waals surface area contributed by atoms with Crippen LogP contribution in [0, 0.1) is 0 Å². The molecule has 0 aliphatic heterocycles. The number of aryl methyl sites for hydroxylation is 1. The highest BCUT2D eigenvalue weighted by Crippen LogP contribution is 2.26. The van der Waals surface area contributed by atoms with Gasteiger partial charge in [-0.05, 0) is 36.6 Å². The smallest absolute Gasteiger partial charge is 0.160 e. The zero-order chi connectivity index (χ0) is 12.1. The molecule has 0 aliphatic rings. The van der Waals surface area contributed by atoms with Crippen molar-refractivity contribution < 1.29 is 14.6 Å². The highest BCUT2D eigenvalue weighted by Gasteiger charge is 2.06. The van der Waals surface area contributed by atoms with Crippen LogP contribution in [0.25, 0.3) is 0 Å². The number of benzene rings is 1. The van der Waals surface area contributed by atoms with E-state index in [2.05, 4.69) is 6.58 Å². The number of carbonyl (C=O) groups excluding carboxylic acids is 1. The van der Waals surface area contributed by atoms with Gasteiger partial charge in [0.25, 0.3) is 0 Å². The van der Waals surface area contributed by atoms with Crippen molar-refractivity contribution in [2.45, 2.75) is 19.8 Å². The molecule has 0 bridgehead atoms. The summed E-state index contributed by atoms with van der Waals surface area (Å²) in [5.41, 5.74) is 1.54. The van der Waals surface area contributed by atoms with Crippen LogP contribution in [0.4, 0.5) is 0 Å². The van der Waals surface area contributed by atoms with E-state index in [1.807, 2.05) is 0 Å². The lowest BCUT2D eigenvalue weighted by molar-refractivity contribution is -0.115. The Hall–Kier alpha value is -1.77. The van der Waals surface area contributed by atoms with Crippen molar-refractivity contribution in [2.24, 2.45) is 0 Å². The van der Waals surface area contributed by atoms with Gasteiger partial charge in [-0.3, -0.25) is 4.79 Å². The molecule has 3 nitrogen and oxygen atoms in total. The van der Waals surface area contributed by atoms with Crippen molar-refractivity contribution in [1.29, 1.82) is 0 Å². The zero-order valence-electron chi connectivity index (χ0n) is 9.62. The number of rotatable bonds is 5. The van der Waals surface area contributed by atoms with Crippen molar-refractivity contribution in [3.05, 3.63) is 35.9 Å². The summed E-state index contributed by atoms with van der Waals surface area (Å²) in [6.07, 6.45) is 1.06. The predicted molar refractivity (Wildman–Crippen MR) is 62.8 cm³/mol. The first-order valence-electron chi connectivity index (χ1n) is 5.09. The molecule has 3 heteroatoms. The van der Waals surface area contributed by atoms with Crippen LogP contribution in [0.1, 0.15) is 18.9 Å². The Morgan fingerprint density at radius 1 is 1.50 bits per heavy atom. The summed E-state index contributed by atoms with van der Waals surface area (Å²) in [5.74, 6) is 0.602. The molecule has 0 aliphatic carbocycles. The third-order valence-electron chi connectivity index (χ3n) is 2.36. The SMILES string of the molecule is C=C(C)C(=O)CCc1ccc(O)c(OC)c1. The molecule has 0 spiro atoms. The number of ether oxygens (including phenoxy) is 1. The van der Waals surface area contributed by atoms with E-state index in [-0.39, 0.29) is 11.5 Å². The Bertz CT molecular complexity index is 408. The van der Waals surface area contributed by atoms with Crippen LogP contribution in [-0.4, -0.2) is 18.0 Å². The lowest BCUT2D eigenvalue weighted by atomic mass is 10.0. The van der Waals surface area contributed by atoms with E-state index in [0.717, 1.165) is 5.56 Å². The first kappa shape index (κ1) is 12.3. The largest absolute Gasteiger partial charge is 0.504 e. The molecule has 1 N–H and O–H groups in total. The Kier molecular flexibility index (Phi) is 4.11. The van der Waals surface area contributed by atoms with Crippen LogP contribution in [0.15, 0.2) is 30.4 Å². The number of ketones is 1. The normalized spacial score (nSPS) is 9.88. The van der Waals surface area contributed by atoms with E-state index < -0.39 is 0 Å². The van der Waals surface area contributed by atoms with Gasteiger partial charge in [-0.2, -0.15) is 0 Å². The maximum Gasteiger partial charge on any atom is 0.160 e. The van der Waals surface area contributed by atoms with Crippen molar-refractivity contribution in [1.82, 2.24) is 0 Å². The van der Waals surface area contributed by atoms with Crippen molar-refractivity contribution >= 4 is 5.78 Å². The van der Waals surface area contributed by atoms with E-state index in [9.17, 15) is 9.90 Å². The lowest BCUT2D eigenvalue weighted by Gasteiger charge is -2.06. The van der Waals surface area contributed by atoms with Gasteiger partial charge < -0.3 is 9.84 Å². The fourth-order valence-corrected chi connectivity index (χ4v) is 1.35. The monoisotopic (exact) mass is 220 g/mol. The van der Waals surface area contributed by atoms with E-state index >= 15 is 0 Å². The summed E-state index contributed by atoms with van der Waals surface area (Å²) < 4.78 is 4.99. The summed E-state index contributed by atoms with van der Waals surface area (Å²) >= 11 is 0. The topological polar surface area (TPSA) is 46.5 Å². The molecule has 0 aromatic heterocycles. The van der Waals surface area contributed by atoms with Crippen LogP contribution in [-0.2, 0) is 11.2 Å². The molecule has 16 heavy (non-hydrogen) atoms. The molecule has 0 amide bonds. The van der Waals surface area contributed by atoms with E-state index in [1.165, 1.54) is 7.11 Å². The molecule has 0 heterocycles. The minimum Gasteiger partial charge on any atom is -0.504 e. The molecule has 0 fully saturated rings. The molecule has 86 valence electrons. The molecular weight excluding hydrogens is 204 g/mol. The number of phenols is 1. The predicted octanol–water partition coefficient (Wildman–Crippen LogP) is 2.48. The summed E-state index contributed by atoms with van der Waals surface area (Å²) in [5, 5.41) is 9.39. The Morgan fingerprint density at radius 2 is 2.19 bits per heavy atom. The van der Waals surface area contributed by atoms with Gasteiger partial charge in [-0.1, -0.05) is 12.6 Å². The minimum absolute atomic E-state index is 0.0621. The minimum atomic E-state index is 0.0621. The van der Waals surface area contributed by atoms with Gasteiger partial charge in [0.05, 0.1) is 7.11 Å². The van der Waals surface area contributed by atoms with Crippen LogP contribution < -0.4 is 4.74 Å². The van der Waals surface area contributed by atoms with Gasteiger partial charge in [-0.15, -0.1) is 0 Å². The number of methoxy groups -OCH3 is 1. The first-order valence-corrected chi connectivity index (χ1v) is 5.09. The second-order valence-electron chi connectivity index (χ2n) is 3.71. The summed E-state index contributed by atoms with van der Waals surface area (Å²) in [4.78, 5) is 11.4. The molecule has 0 saturated heterocycles. The number of phenolic OH excluding ortho intramolecular Hbond substituents is 1. The average Bonchev–Trinajstić information content (AvgIpc) is 2.27. The van der Waals surface area contributed by atoms with Gasteiger partial charge in [0.1, 0.15) is 0 Å². The molecule has 1 aromatic rings. The second kappa shape index (κ2) is 5.35. The Balaban J connectivity index is 2.68. The van der Waals surface area contributed by atoms with Gasteiger partial charge >= 0.3 is 0 Å². The van der Waals surface area contributed by atoms with Crippen molar-refractivity contribution in [3.63, 3.8) is 0 Å². The Morgan fingerprint density at radius 3 is 2.75 bits per heavy atom. The van der Waals surface area contributed by atoms with Crippen LogP contribution in [0.3, 0.4) is 0 Å². The summed E-state index contributed by atoms with van der Waals surface area (Å²) in [6.45, 7) is 5.31. The maximum absolute atomic E-state index is 11.4. The maximum atomic E-state index is 11.4. The number of allylic oxidation sites excluding steroid dienone is 1. The first-order chi connectivity index (χ1) is 7.54. The molecule has 1 aromatic carbocycles. The Labute approximate surface area is 95.4 Å². The van der Waals surface area contributed by atoms with Crippen LogP contribution in [0.2, 0.25) is 0 Å². The quantitative estimate of drug-likeness (QED) is 0.775. The standard InChI is InChI=1S/C13H16O3/c1-9(2)11(14)6-4-10-5-7-12(15)13(8-10)16-3/h5,7-8,15H,1,4,6H2,2-3H3. The zero-order valence-corrected chi connectivity index (χ0v) is 9.62. The fraction of sp³-hybridized carbons (Fsp3) is 0.308. The number of hydrogen-bond donors (Lipinski definition) is 1. The second-order valence-corrected chi connectivity index (χ2v) is 3.71. The summed E-state index contributed by atoms with van der Waals surface area (Å²) in [6, 6.07) is 5.09. The molecular formula is C13H16O3. The highest BCUT2D eigenvalue weighted by atomic mass is 16.5. The highest BCUT2D eigenvalue weighted by molar-refractivity contribution is 5.94. The molecule has 0 radical (unpaired) electrons. The molecule has 0 unspecified atom stereocenters. The fourth-order valence-electron chi connectivity index (χ4n) is 1.35. The van der Waals surface area contributed by atoms with E-state index in [1.54, 1.807) is 25.1 Å². The van der Waals surface area contributed by atoms with Crippen molar-refractivity contribution in [3.8, 4) is 11.5 Å². The van der Waals surface area contributed by atoms with Gasteiger partial charge in [0.15, 0.2) is 17.3 Å². The lowest BCUT2D eigenvalue weighted by Crippen LogP contribution is -2.00. The number of carbonyl (C=O) groups is 1. The molecule has 0 atom stereocenters. The van der Waals surface area contributed by atoms with Crippen LogP contribution in [0.5, 0.6) is 11.5 Å². The number of hydrogen-bond acceptors (Lipinski definition) is 3.